The first-order valence-corrected chi connectivity index (χ1v) is 5.97. The Morgan fingerprint density at radius 1 is 1.05 bits per heavy atom. The van der Waals surface area contributed by atoms with Crippen molar-refractivity contribution < 1.29 is 29.1 Å². The molecule has 0 saturated heterocycles. The summed E-state index contributed by atoms with van der Waals surface area (Å²) in [7, 11) is -0.613. The highest BCUT2D eigenvalue weighted by atomic mass is 16.6. The highest BCUT2D eigenvalue weighted by molar-refractivity contribution is 6.58. The van der Waals surface area contributed by atoms with Crippen molar-refractivity contribution >= 4 is 24.5 Å². The summed E-state index contributed by atoms with van der Waals surface area (Å²) in [6.45, 7) is 5.12. The Labute approximate surface area is 117 Å². The van der Waals surface area contributed by atoms with Crippen molar-refractivity contribution in [3.05, 3.63) is 29.3 Å². The van der Waals surface area contributed by atoms with Crippen LogP contribution in [0.3, 0.4) is 0 Å². The molecule has 0 radical (unpaired) electrons. The maximum Gasteiger partial charge on any atom is 0.488 e. The van der Waals surface area contributed by atoms with E-state index in [1.165, 1.54) is 25.3 Å². The van der Waals surface area contributed by atoms with Gasteiger partial charge in [-0.15, -0.1) is 0 Å². The van der Waals surface area contributed by atoms with Crippen LogP contribution in [-0.2, 0) is 9.47 Å². The molecule has 0 heterocycles. The fourth-order valence-corrected chi connectivity index (χ4v) is 1.49. The highest BCUT2D eigenvalue weighted by Gasteiger charge is 2.22. The van der Waals surface area contributed by atoms with Gasteiger partial charge < -0.3 is 19.5 Å². The van der Waals surface area contributed by atoms with Gasteiger partial charge in [0.05, 0.1) is 18.2 Å². The minimum atomic E-state index is -1.80. The van der Waals surface area contributed by atoms with Crippen LogP contribution in [0, 0.1) is 0 Å². The molecule has 0 saturated carbocycles. The molecule has 1 aromatic carbocycles. The maximum atomic E-state index is 12.0. The Morgan fingerprint density at radius 2 is 1.55 bits per heavy atom. The lowest BCUT2D eigenvalue weighted by Crippen LogP contribution is -2.32. The Hall–Kier alpha value is -1.86. The molecular formula is C13H17BO6. The number of carbonyl (C=O) groups excluding carboxylic acids is 2. The van der Waals surface area contributed by atoms with Gasteiger partial charge in [0.2, 0.25) is 0 Å². The molecule has 20 heavy (non-hydrogen) atoms. The quantitative estimate of drug-likeness (QED) is 0.603. The van der Waals surface area contributed by atoms with Crippen LogP contribution in [-0.4, -0.2) is 41.8 Å². The number of rotatable bonds is 3. The Kier molecular flexibility index (Phi) is 4.91. The topological polar surface area (TPSA) is 93.1 Å². The van der Waals surface area contributed by atoms with E-state index in [4.69, 9.17) is 4.74 Å². The largest absolute Gasteiger partial charge is 0.488 e. The molecule has 0 aliphatic heterocycles. The number of methoxy groups -OCH3 is 1. The number of carbonyl (C=O) groups is 2. The number of hydrogen-bond donors (Lipinski definition) is 2. The predicted octanol–water partition coefficient (Wildman–Crippen LogP) is 0.108. The van der Waals surface area contributed by atoms with E-state index in [0.29, 0.717) is 0 Å². The molecule has 108 valence electrons. The number of hydrogen-bond acceptors (Lipinski definition) is 6. The second kappa shape index (κ2) is 6.07. The molecule has 0 amide bonds. The summed E-state index contributed by atoms with van der Waals surface area (Å²) in [5, 5.41) is 18.4. The molecule has 0 aliphatic rings. The van der Waals surface area contributed by atoms with Crippen molar-refractivity contribution in [3.63, 3.8) is 0 Å². The van der Waals surface area contributed by atoms with Gasteiger partial charge in [-0.3, -0.25) is 0 Å². The molecule has 1 aromatic rings. The van der Waals surface area contributed by atoms with Crippen LogP contribution in [0.15, 0.2) is 18.2 Å². The van der Waals surface area contributed by atoms with Crippen LogP contribution in [0.2, 0.25) is 0 Å². The zero-order chi connectivity index (χ0) is 15.5. The minimum absolute atomic E-state index is 0.00811. The molecule has 7 heteroatoms. The first-order chi connectivity index (χ1) is 9.14. The van der Waals surface area contributed by atoms with Crippen molar-refractivity contribution in [2.24, 2.45) is 0 Å². The lowest BCUT2D eigenvalue weighted by Gasteiger charge is -2.20. The van der Waals surface area contributed by atoms with Gasteiger partial charge in [0.25, 0.3) is 0 Å². The first-order valence-electron chi connectivity index (χ1n) is 5.97. The van der Waals surface area contributed by atoms with Gasteiger partial charge in [-0.1, -0.05) is 0 Å². The molecule has 0 bridgehead atoms. The van der Waals surface area contributed by atoms with Crippen molar-refractivity contribution in [2.45, 2.75) is 26.4 Å². The van der Waals surface area contributed by atoms with Gasteiger partial charge in [-0.05, 0) is 44.4 Å². The van der Waals surface area contributed by atoms with Gasteiger partial charge in [0.15, 0.2) is 0 Å². The average Bonchev–Trinajstić information content (AvgIpc) is 2.35. The third-order valence-corrected chi connectivity index (χ3v) is 2.31. The summed E-state index contributed by atoms with van der Waals surface area (Å²) in [6, 6.07) is 3.78. The molecule has 0 unspecified atom stereocenters. The normalized spacial score (nSPS) is 10.9. The molecule has 0 aliphatic carbocycles. The minimum Gasteiger partial charge on any atom is -0.465 e. The summed E-state index contributed by atoms with van der Waals surface area (Å²) in [6.07, 6.45) is 0. The first kappa shape index (κ1) is 16.2. The summed E-state index contributed by atoms with van der Waals surface area (Å²) in [5.41, 5.74) is -0.602. The smallest absolute Gasteiger partial charge is 0.465 e. The second-order valence-electron chi connectivity index (χ2n) is 5.21. The van der Waals surface area contributed by atoms with E-state index in [0.717, 1.165) is 0 Å². The molecular weight excluding hydrogens is 263 g/mol. The zero-order valence-corrected chi connectivity index (χ0v) is 11.8. The maximum absolute atomic E-state index is 12.0. The Bertz CT molecular complexity index is 518. The third-order valence-electron chi connectivity index (χ3n) is 2.31. The van der Waals surface area contributed by atoms with Crippen LogP contribution in [0.1, 0.15) is 41.5 Å². The molecule has 0 atom stereocenters. The molecule has 1 rings (SSSR count). The predicted molar refractivity (Wildman–Crippen MR) is 72.8 cm³/mol. The SMILES string of the molecule is COC(=O)c1cc(B(O)O)cc(C(=O)OC(C)(C)C)c1. The van der Waals surface area contributed by atoms with Crippen LogP contribution >= 0.6 is 0 Å². The van der Waals surface area contributed by atoms with Crippen molar-refractivity contribution in [1.82, 2.24) is 0 Å². The van der Waals surface area contributed by atoms with Crippen molar-refractivity contribution in [1.29, 1.82) is 0 Å². The van der Waals surface area contributed by atoms with Gasteiger partial charge in [-0.25, -0.2) is 9.59 Å². The Balaban J connectivity index is 3.22. The van der Waals surface area contributed by atoms with E-state index >= 15 is 0 Å². The monoisotopic (exact) mass is 280 g/mol. The van der Waals surface area contributed by atoms with E-state index in [-0.39, 0.29) is 16.6 Å². The fraction of sp³-hybridized carbons (Fsp3) is 0.385. The van der Waals surface area contributed by atoms with Crippen LogP contribution < -0.4 is 5.46 Å². The molecule has 2 N–H and O–H groups in total. The molecule has 0 spiro atoms. The zero-order valence-electron chi connectivity index (χ0n) is 11.8. The summed E-state index contributed by atoms with van der Waals surface area (Å²) in [5.74, 6) is -1.34. The second-order valence-corrected chi connectivity index (χ2v) is 5.21. The lowest BCUT2D eigenvalue weighted by molar-refractivity contribution is 0.00696. The van der Waals surface area contributed by atoms with Crippen molar-refractivity contribution in [2.75, 3.05) is 7.11 Å². The molecule has 0 fully saturated rings. The number of ether oxygens (including phenoxy) is 2. The van der Waals surface area contributed by atoms with E-state index in [2.05, 4.69) is 4.74 Å². The van der Waals surface area contributed by atoms with Gasteiger partial charge in [0.1, 0.15) is 5.60 Å². The van der Waals surface area contributed by atoms with Crippen LogP contribution in [0.5, 0.6) is 0 Å². The van der Waals surface area contributed by atoms with E-state index < -0.39 is 24.7 Å². The van der Waals surface area contributed by atoms with Crippen molar-refractivity contribution in [3.8, 4) is 0 Å². The Morgan fingerprint density at radius 3 is 1.95 bits per heavy atom. The number of esters is 2. The fourth-order valence-electron chi connectivity index (χ4n) is 1.49. The van der Waals surface area contributed by atoms with E-state index in [9.17, 15) is 19.6 Å². The summed E-state index contributed by atoms with van der Waals surface area (Å²) >= 11 is 0. The summed E-state index contributed by atoms with van der Waals surface area (Å²) in [4.78, 5) is 23.5. The number of benzene rings is 1. The van der Waals surface area contributed by atoms with Gasteiger partial charge >= 0.3 is 19.1 Å². The van der Waals surface area contributed by atoms with Gasteiger partial charge in [-0.2, -0.15) is 0 Å². The average molecular weight is 280 g/mol. The third kappa shape index (κ3) is 4.36. The standard InChI is InChI=1S/C13H17BO6/c1-13(2,3)20-12(16)9-5-8(11(15)19-4)6-10(7-9)14(17)18/h5-7,17-18H,1-4H3. The van der Waals surface area contributed by atoms with E-state index in [1.54, 1.807) is 20.8 Å². The summed E-state index contributed by atoms with van der Waals surface area (Å²) < 4.78 is 9.72. The van der Waals surface area contributed by atoms with Gasteiger partial charge in [0, 0.05) is 0 Å². The van der Waals surface area contributed by atoms with Crippen LogP contribution in [0.25, 0.3) is 0 Å². The van der Waals surface area contributed by atoms with E-state index in [1.807, 2.05) is 0 Å². The molecule has 0 aromatic heterocycles. The lowest BCUT2D eigenvalue weighted by atomic mass is 9.78. The van der Waals surface area contributed by atoms with Crippen LogP contribution in [0.4, 0.5) is 0 Å². The highest BCUT2D eigenvalue weighted by Crippen LogP contribution is 2.13. The molecule has 6 nitrogen and oxygen atoms in total.